The molecule has 6 nitrogen and oxygen atoms in total. The van der Waals surface area contributed by atoms with E-state index in [9.17, 15) is 13.2 Å². The normalized spacial score (nSPS) is 14.9. The number of hydrogen-bond donors (Lipinski definition) is 1. The lowest BCUT2D eigenvalue weighted by Gasteiger charge is -2.27. The number of rotatable bonds is 4. The van der Waals surface area contributed by atoms with Crippen LogP contribution in [0.4, 0.5) is 5.69 Å². The third kappa shape index (κ3) is 3.89. The number of carbonyl (C=O) groups is 1. The second kappa shape index (κ2) is 7.47. The van der Waals surface area contributed by atoms with Crippen molar-refractivity contribution in [2.45, 2.75) is 18.7 Å². The Morgan fingerprint density at radius 3 is 2.42 bits per heavy atom. The molecule has 1 heterocycles. The Kier molecular flexibility index (Phi) is 5.29. The maximum absolute atomic E-state index is 12.8. The van der Waals surface area contributed by atoms with Crippen LogP contribution in [-0.4, -0.2) is 45.5 Å². The number of aryl methyl sites for hydroxylation is 2. The van der Waals surface area contributed by atoms with Crippen LogP contribution in [0.3, 0.4) is 0 Å². The molecule has 1 aliphatic heterocycles. The number of anilines is 1. The van der Waals surface area contributed by atoms with Crippen LogP contribution < -0.4 is 4.72 Å². The van der Waals surface area contributed by atoms with Gasteiger partial charge in [-0.05, 0) is 49.2 Å². The number of nitrogens with zero attached hydrogens (tertiary/aromatic N) is 1. The first kappa shape index (κ1) is 18.4. The van der Waals surface area contributed by atoms with Crippen molar-refractivity contribution in [3.05, 3.63) is 59.2 Å². The second-order valence-corrected chi connectivity index (χ2v) is 7.98. The summed E-state index contributed by atoms with van der Waals surface area (Å²) in [6, 6.07) is 11.6. The van der Waals surface area contributed by atoms with Gasteiger partial charge < -0.3 is 9.64 Å². The number of ether oxygens (including phenoxy) is 1. The number of morpholine rings is 1. The zero-order valence-electron chi connectivity index (χ0n) is 14.9. The predicted molar refractivity (Wildman–Crippen MR) is 99.9 cm³/mol. The monoisotopic (exact) mass is 374 g/mol. The van der Waals surface area contributed by atoms with E-state index in [0.717, 1.165) is 11.1 Å². The maximum Gasteiger partial charge on any atom is 0.261 e. The third-order valence-electron chi connectivity index (χ3n) is 4.49. The van der Waals surface area contributed by atoms with Crippen molar-refractivity contribution in [3.63, 3.8) is 0 Å². The Morgan fingerprint density at radius 2 is 1.73 bits per heavy atom. The first-order chi connectivity index (χ1) is 12.4. The van der Waals surface area contributed by atoms with Gasteiger partial charge in [-0.2, -0.15) is 0 Å². The van der Waals surface area contributed by atoms with Crippen molar-refractivity contribution in [1.82, 2.24) is 4.90 Å². The van der Waals surface area contributed by atoms with E-state index in [1.807, 2.05) is 13.8 Å². The average Bonchev–Trinajstić information content (AvgIpc) is 2.64. The molecule has 1 aliphatic rings. The van der Waals surface area contributed by atoms with E-state index >= 15 is 0 Å². The summed E-state index contributed by atoms with van der Waals surface area (Å²) >= 11 is 0. The Labute approximate surface area is 153 Å². The van der Waals surface area contributed by atoms with Crippen LogP contribution in [0, 0.1) is 13.8 Å². The highest BCUT2D eigenvalue weighted by Crippen LogP contribution is 2.23. The smallest absolute Gasteiger partial charge is 0.261 e. The molecule has 26 heavy (non-hydrogen) atoms. The van der Waals surface area contributed by atoms with E-state index in [4.69, 9.17) is 4.74 Å². The topological polar surface area (TPSA) is 75.7 Å². The Balaban J connectivity index is 1.90. The van der Waals surface area contributed by atoms with Gasteiger partial charge >= 0.3 is 0 Å². The van der Waals surface area contributed by atoms with E-state index < -0.39 is 10.0 Å². The number of benzene rings is 2. The Hall–Kier alpha value is -2.38. The van der Waals surface area contributed by atoms with Crippen molar-refractivity contribution in [1.29, 1.82) is 0 Å². The highest BCUT2D eigenvalue weighted by Gasteiger charge is 2.23. The van der Waals surface area contributed by atoms with Gasteiger partial charge in [-0.3, -0.25) is 9.52 Å². The molecule has 0 unspecified atom stereocenters. The van der Waals surface area contributed by atoms with Gasteiger partial charge in [0, 0.05) is 13.1 Å². The molecule has 0 bridgehead atoms. The molecule has 2 aromatic carbocycles. The van der Waals surface area contributed by atoms with E-state index in [1.165, 1.54) is 0 Å². The lowest BCUT2D eigenvalue weighted by Crippen LogP contribution is -2.41. The summed E-state index contributed by atoms with van der Waals surface area (Å²) in [5.41, 5.74) is 2.53. The van der Waals surface area contributed by atoms with Gasteiger partial charge in [0.15, 0.2) is 0 Å². The summed E-state index contributed by atoms with van der Waals surface area (Å²) in [4.78, 5) is 14.6. The molecule has 2 aromatic rings. The quantitative estimate of drug-likeness (QED) is 0.892. The van der Waals surface area contributed by atoms with Crippen LogP contribution in [0.2, 0.25) is 0 Å². The van der Waals surface area contributed by atoms with Crippen LogP contribution in [-0.2, 0) is 14.8 Å². The molecule has 1 fully saturated rings. The fourth-order valence-electron chi connectivity index (χ4n) is 2.78. The number of carbonyl (C=O) groups excluding carboxylic acids is 1. The summed E-state index contributed by atoms with van der Waals surface area (Å²) < 4.78 is 33.4. The van der Waals surface area contributed by atoms with Gasteiger partial charge in [0.2, 0.25) is 0 Å². The van der Waals surface area contributed by atoms with E-state index in [2.05, 4.69) is 4.72 Å². The molecule has 138 valence electrons. The van der Waals surface area contributed by atoms with Gasteiger partial charge in [0.05, 0.1) is 29.4 Å². The minimum atomic E-state index is -3.78. The number of hydrogen-bond acceptors (Lipinski definition) is 4. The minimum Gasteiger partial charge on any atom is -0.378 e. The standard InChI is InChI=1S/C19H22N2O4S/c1-14-7-8-16(13-15(14)2)26(23,24)20-18-6-4-3-5-17(18)19(22)21-9-11-25-12-10-21/h3-8,13,20H,9-12H2,1-2H3. The van der Waals surface area contributed by atoms with Crippen LogP contribution in [0.5, 0.6) is 0 Å². The molecule has 0 aliphatic carbocycles. The van der Waals surface area contributed by atoms with Crippen LogP contribution >= 0.6 is 0 Å². The van der Waals surface area contributed by atoms with Crippen molar-refractivity contribution < 1.29 is 17.9 Å². The predicted octanol–water partition coefficient (Wildman–Crippen LogP) is 2.58. The van der Waals surface area contributed by atoms with E-state index in [0.29, 0.717) is 31.9 Å². The second-order valence-electron chi connectivity index (χ2n) is 6.30. The molecule has 0 aromatic heterocycles. The molecule has 1 amide bonds. The number of sulfonamides is 1. The van der Waals surface area contributed by atoms with Crippen molar-refractivity contribution >= 4 is 21.6 Å². The fourth-order valence-corrected chi connectivity index (χ4v) is 3.94. The minimum absolute atomic E-state index is 0.175. The summed E-state index contributed by atoms with van der Waals surface area (Å²) in [6.45, 7) is 5.76. The first-order valence-electron chi connectivity index (χ1n) is 8.44. The summed E-state index contributed by atoms with van der Waals surface area (Å²) in [5, 5.41) is 0. The molecule has 1 N–H and O–H groups in total. The van der Waals surface area contributed by atoms with Gasteiger partial charge in [-0.15, -0.1) is 0 Å². The van der Waals surface area contributed by atoms with Gasteiger partial charge in [0.25, 0.3) is 15.9 Å². The number of para-hydroxylation sites is 1. The van der Waals surface area contributed by atoms with Crippen LogP contribution in [0.25, 0.3) is 0 Å². The molecule has 0 atom stereocenters. The Morgan fingerprint density at radius 1 is 1.04 bits per heavy atom. The van der Waals surface area contributed by atoms with E-state index in [-0.39, 0.29) is 16.5 Å². The van der Waals surface area contributed by atoms with Gasteiger partial charge in [0.1, 0.15) is 0 Å². The van der Waals surface area contributed by atoms with Gasteiger partial charge in [-0.25, -0.2) is 8.42 Å². The zero-order valence-corrected chi connectivity index (χ0v) is 15.7. The fraction of sp³-hybridized carbons (Fsp3) is 0.316. The highest BCUT2D eigenvalue weighted by molar-refractivity contribution is 7.92. The molecular weight excluding hydrogens is 352 g/mol. The first-order valence-corrected chi connectivity index (χ1v) is 9.93. The third-order valence-corrected chi connectivity index (χ3v) is 5.85. The van der Waals surface area contributed by atoms with Crippen molar-refractivity contribution in [2.75, 3.05) is 31.0 Å². The van der Waals surface area contributed by atoms with Gasteiger partial charge in [-0.1, -0.05) is 18.2 Å². The maximum atomic E-state index is 12.8. The molecule has 0 spiro atoms. The molecule has 7 heteroatoms. The molecular formula is C19H22N2O4S. The number of amides is 1. The summed E-state index contributed by atoms with van der Waals surface area (Å²) in [6.07, 6.45) is 0. The van der Waals surface area contributed by atoms with Crippen molar-refractivity contribution in [3.8, 4) is 0 Å². The summed E-state index contributed by atoms with van der Waals surface area (Å²) in [5.74, 6) is -0.202. The Bertz CT molecular complexity index is 919. The zero-order chi connectivity index (χ0) is 18.7. The van der Waals surface area contributed by atoms with Crippen LogP contribution in [0.15, 0.2) is 47.4 Å². The number of nitrogens with one attached hydrogen (secondary N) is 1. The molecule has 0 radical (unpaired) electrons. The average molecular weight is 374 g/mol. The largest absolute Gasteiger partial charge is 0.378 e. The lowest BCUT2D eigenvalue weighted by atomic mass is 10.1. The summed E-state index contributed by atoms with van der Waals surface area (Å²) in [7, 11) is -3.78. The van der Waals surface area contributed by atoms with E-state index in [1.54, 1.807) is 47.4 Å². The molecule has 3 rings (SSSR count). The highest BCUT2D eigenvalue weighted by atomic mass is 32.2. The van der Waals surface area contributed by atoms with Crippen molar-refractivity contribution in [2.24, 2.45) is 0 Å². The lowest BCUT2D eigenvalue weighted by molar-refractivity contribution is 0.0303. The molecule has 1 saturated heterocycles. The SMILES string of the molecule is Cc1ccc(S(=O)(=O)Nc2ccccc2C(=O)N2CCOCC2)cc1C. The molecule has 0 saturated carbocycles. The van der Waals surface area contributed by atoms with Crippen LogP contribution in [0.1, 0.15) is 21.5 Å².